The second-order valence-corrected chi connectivity index (χ2v) is 14.2. The van der Waals surface area contributed by atoms with Gasteiger partial charge in [-0.15, -0.1) is 11.3 Å². The van der Waals surface area contributed by atoms with Gasteiger partial charge in [0.2, 0.25) is 11.9 Å². The first kappa shape index (κ1) is 32.2. The molecule has 0 unspecified atom stereocenters. The molecule has 13 heteroatoms. The number of rotatable bonds is 6. The fraction of sp³-hybridized carbons (Fsp3) is 0.343. The lowest BCUT2D eigenvalue weighted by molar-refractivity contribution is -0.142. The van der Waals surface area contributed by atoms with Crippen LogP contribution in [0.15, 0.2) is 78.1 Å². The Labute approximate surface area is 285 Å². The van der Waals surface area contributed by atoms with E-state index in [1.807, 2.05) is 42.3 Å². The minimum absolute atomic E-state index is 0.00954. The van der Waals surface area contributed by atoms with Gasteiger partial charge in [0.1, 0.15) is 12.0 Å². The Morgan fingerprint density at radius 3 is 2.60 bits per heavy atom. The predicted molar refractivity (Wildman–Crippen MR) is 181 cm³/mol. The Balaban J connectivity index is 1.04. The predicted octanol–water partition coefficient (Wildman–Crippen LogP) is 4.95. The van der Waals surface area contributed by atoms with Gasteiger partial charge >= 0.3 is 0 Å². The fourth-order valence-electron chi connectivity index (χ4n) is 6.97. The van der Waals surface area contributed by atoms with Crippen molar-refractivity contribution in [3.8, 4) is 10.4 Å². The number of carbonyl (C=O) groups is 2. The third-order valence-electron chi connectivity index (χ3n) is 9.67. The van der Waals surface area contributed by atoms with Gasteiger partial charge in [-0.3, -0.25) is 19.0 Å². The number of pyridine rings is 1. The molecule has 2 saturated heterocycles. The summed E-state index contributed by atoms with van der Waals surface area (Å²) in [5.74, 6) is -1.35. The van der Waals surface area contributed by atoms with Crippen molar-refractivity contribution in [2.45, 2.75) is 37.3 Å². The molecule has 6 heterocycles. The van der Waals surface area contributed by atoms with Gasteiger partial charge in [-0.1, -0.05) is 41.9 Å². The Kier molecular flexibility index (Phi) is 8.65. The van der Waals surface area contributed by atoms with Crippen LogP contribution in [0.4, 0.5) is 4.39 Å². The number of amides is 2. The zero-order chi connectivity index (χ0) is 33.6. The van der Waals surface area contributed by atoms with Crippen molar-refractivity contribution < 1.29 is 19.1 Å². The molecule has 0 aliphatic carbocycles. The number of hydrogen-bond donors (Lipinski definition) is 1. The zero-order valence-corrected chi connectivity index (χ0v) is 27.8. The molecule has 48 heavy (non-hydrogen) atoms. The van der Waals surface area contributed by atoms with E-state index in [0.717, 1.165) is 5.56 Å². The number of halogens is 2. The molecule has 10 nitrogen and oxygen atoms in total. The van der Waals surface area contributed by atoms with Crippen LogP contribution < -0.4 is 5.56 Å². The summed E-state index contributed by atoms with van der Waals surface area (Å²) in [6, 6.07) is 16.3. The second kappa shape index (κ2) is 12.9. The zero-order valence-electron chi connectivity index (χ0n) is 26.3. The van der Waals surface area contributed by atoms with Gasteiger partial charge in [-0.2, -0.15) is 4.39 Å². The number of nitrogens with zero attached hydrogens (tertiary/aromatic N) is 6. The highest BCUT2D eigenvalue weighted by atomic mass is 35.5. The minimum Gasteiger partial charge on any atom is -0.388 e. The molecule has 0 saturated carbocycles. The topological polar surface area (TPSA) is 114 Å². The van der Waals surface area contributed by atoms with Crippen molar-refractivity contribution >= 4 is 45.8 Å². The fourth-order valence-corrected chi connectivity index (χ4v) is 8.24. The number of likely N-dealkylation sites (tertiary alicyclic amines) is 2. The molecule has 0 spiro atoms. The molecule has 4 aromatic heterocycles. The quantitative estimate of drug-likeness (QED) is 0.253. The summed E-state index contributed by atoms with van der Waals surface area (Å²) in [5.41, 5.74) is 0.708. The third kappa shape index (κ3) is 6.15. The van der Waals surface area contributed by atoms with Crippen LogP contribution in [0.25, 0.3) is 21.5 Å². The molecule has 7 rings (SSSR count). The van der Waals surface area contributed by atoms with Gasteiger partial charge in [0, 0.05) is 74.0 Å². The lowest BCUT2D eigenvalue weighted by atomic mass is 9.79. The summed E-state index contributed by atoms with van der Waals surface area (Å²) in [6.45, 7) is 1.61. The van der Waals surface area contributed by atoms with Crippen LogP contribution in [-0.4, -0.2) is 77.6 Å². The summed E-state index contributed by atoms with van der Waals surface area (Å²) >= 11 is 7.50. The first-order valence-corrected chi connectivity index (χ1v) is 17.1. The van der Waals surface area contributed by atoms with Gasteiger partial charge in [-0.25, -0.2) is 9.97 Å². The molecule has 1 aromatic carbocycles. The van der Waals surface area contributed by atoms with Crippen molar-refractivity contribution in [1.82, 2.24) is 28.9 Å². The molecule has 2 aliphatic heterocycles. The lowest BCUT2D eigenvalue weighted by Gasteiger charge is -2.43. The van der Waals surface area contributed by atoms with Crippen molar-refractivity contribution in [2.24, 2.45) is 13.0 Å². The summed E-state index contributed by atoms with van der Waals surface area (Å²) in [4.78, 5) is 53.6. The number of benzene rings is 1. The Bertz CT molecular complexity index is 2050. The first-order valence-electron chi connectivity index (χ1n) is 15.9. The van der Waals surface area contributed by atoms with E-state index in [1.54, 1.807) is 33.9 Å². The van der Waals surface area contributed by atoms with Crippen LogP contribution >= 0.6 is 22.9 Å². The van der Waals surface area contributed by atoms with E-state index >= 15 is 0 Å². The molecule has 0 radical (unpaired) electrons. The van der Waals surface area contributed by atoms with Gasteiger partial charge in [0.05, 0.1) is 27.4 Å². The summed E-state index contributed by atoms with van der Waals surface area (Å²) in [6.07, 6.45) is 5.67. The average Bonchev–Trinajstić information content (AvgIpc) is 3.74. The molecule has 2 aliphatic rings. The summed E-state index contributed by atoms with van der Waals surface area (Å²) in [7, 11) is 1.83. The number of thiophene rings is 1. The normalized spacial score (nSPS) is 19.5. The highest BCUT2D eigenvalue weighted by Crippen LogP contribution is 2.38. The molecular formula is C35H34ClFN6O4S. The van der Waals surface area contributed by atoms with Crippen LogP contribution in [0, 0.1) is 11.9 Å². The molecule has 1 N–H and O–H groups in total. The molecule has 2 atom stereocenters. The van der Waals surface area contributed by atoms with Crippen molar-refractivity contribution in [3.05, 3.63) is 105 Å². The van der Waals surface area contributed by atoms with Crippen LogP contribution in [0.1, 0.15) is 40.4 Å². The molecule has 0 bridgehead atoms. The van der Waals surface area contributed by atoms with E-state index in [1.165, 1.54) is 34.5 Å². The first-order chi connectivity index (χ1) is 23.1. The molecular weight excluding hydrogens is 655 g/mol. The Morgan fingerprint density at radius 1 is 1.06 bits per heavy atom. The van der Waals surface area contributed by atoms with E-state index in [-0.39, 0.29) is 35.8 Å². The average molecular weight is 689 g/mol. The smallest absolute Gasteiger partial charge is 0.263 e. The SMILES string of the molecule is Cn1ccc2c(=O)n(CC3(O)CCN(C(=O)[C@@H]4CCN(C(=O)c5ccc(-c6cc(F)ncc6Cl)s5)C[C@H]4c4ccccc4)CC3)cnc21. The number of aromatic nitrogens is 4. The number of carbonyl (C=O) groups excluding carboxylic acids is 2. The highest BCUT2D eigenvalue weighted by Gasteiger charge is 2.42. The molecule has 5 aromatic rings. The minimum atomic E-state index is -1.15. The van der Waals surface area contributed by atoms with Crippen molar-refractivity contribution in [3.63, 3.8) is 0 Å². The summed E-state index contributed by atoms with van der Waals surface area (Å²) < 4.78 is 17.1. The third-order valence-corrected chi connectivity index (χ3v) is 11.1. The number of aliphatic hydroxyl groups is 1. The molecule has 2 fully saturated rings. The van der Waals surface area contributed by atoms with Crippen molar-refractivity contribution in [1.29, 1.82) is 0 Å². The maximum atomic E-state index is 14.1. The van der Waals surface area contributed by atoms with Crippen LogP contribution in [0.5, 0.6) is 0 Å². The number of hydrogen-bond acceptors (Lipinski definition) is 7. The van der Waals surface area contributed by atoms with E-state index in [9.17, 15) is 23.9 Å². The maximum Gasteiger partial charge on any atom is 0.263 e. The largest absolute Gasteiger partial charge is 0.388 e. The Morgan fingerprint density at radius 2 is 1.83 bits per heavy atom. The lowest BCUT2D eigenvalue weighted by Crippen LogP contribution is -2.53. The van der Waals surface area contributed by atoms with E-state index in [0.29, 0.717) is 76.8 Å². The van der Waals surface area contributed by atoms with Gasteiger partial charge in [0.15, 0.2) is 0 Å². The van der Waals surface area contributed by atoms with Crippen LogP contribution in [0.2, 0.25) is 5.02 Å². The van der Waals surface area contributed by atoms with Gasteiger partial charge in [0.25, 0.3) is 11.5 Å². The van der Waals surface area contributed by atoms with E-state index in [2.05, 4.69) is 9.97 Å². The molecule has 2 amide bonds. The van der Waals surface area contributed by atoms with Gasteiger partial charge < -0.3 is 19.5 Å². The van der Waals surface area contributed by atoms with Crippen LogP contribution in [0.3, 0.4) is 0 Å². The number of aryl methyl sites for hydroxylation is 1. The Hall–Kier alpha value is -4.39. The maximum absolute atomic E-state index is 14.1. The van der Waals surface area contributed by atoms with E-state index < -0.39 is 11.5 Å². The standard InChI is InChI=1S/C35H34ClFN6O4S/c1-40-13-9-24-31(40)39-21-43(33(24)45)20-35(47)11-15-41(16-12-35)32(44)23-10-14-42(19-26(23)22-5-3-2-4-6-22)34(46)29-8-7-28(48-29)25-17-30(37)38-18-27(25)36/h2-9,13,17-18,21,23,26,47H,10-12,14-16,19-20H2,1H3/t23-,26+/m1/s1. The summed E-state index contributed by atoms with van der Waals surface area (Å²) in [5, 5.41) is 12.3. The number of piperidine rings is 2. The highest BCUT2D eigenvalue weighted by molar-refractivity contribution is 7.17. The van der Waals surface area contributed by atoms with Crippen molar-refractivity contribution in [2.75, 3.05) is 26.2 Å². The van der Waals surface area contributed by atoms with Gasteiger partial charge in [-0.05, 0) is 43.0 Å². The van der Waals surface area contributed by atoms with E-state index in [4.69, 9.17) is 11.6 Å². The van der Waals surface area contributed by atoms with Crippen LogP contribution in [-0.2, 0) is 18.4 Å². The number of fused-ring (bicyclic) bond motifs is 1. The second-order valence-electron chi connectivity index (χ2n) is 12.7. The molecule has 248 valence electrons. The monoisotopic (exact) mass is 688 g/mol.